The lowest BCUT2D eigenvalue weighted by Crippen LogP contribution is -2.30. The second kappa shape index (κ2) is 7.18. The van der Waals surface area contributed by atoms with E-state index in [9.17, 15) is 4.79 Å². The van der Waals surface area contributed by atoms with Gasteiger partial charge in [0.25, 0.3) is 5.56 Å². The summed E-state index contributed by atoms with van der Waals surface area (Å²) in [5.41, 5.74) is 7.91. The Balaban J connectivity index is 2.51. The monoisotopic (exact) mass is 300 g/mol. The van der Waals surface area contributed by atoms with Gasteiger partial charge in [-0.2, -0.15) is 0 Å². The number of thiocarbonyl (C=S) groups is 1. The molecule has 0 atom stereocenters. The van der Waals surface area contributed by atoms with Crippen LogP contribution in [0.25, 0.3) is 11.3 Å². The largest absolute Gasteiger partial charge is 0.389 e. The van der Waals surface area contributed by atoms with Crippen molar-refractivity contribution < 1.29 is 0 Å². The second-order valence-electron chi connectivity index (χ2n) is 5.03. The van der Waals surface area contributed by atoms with E-state index in [1.54, 1.807) is 10.6 Å². The minimum Gasteiger partial charge on any atom is -0.389 e. The molecule has 4 heteroatoms. The van der Waals surface area contributed by atoms with Gasteiger partial charge in [-0.3, -0.25) is 4.79 Å². The van der Waals surface area contributed by atoms with Crippen LogP contribution < -0.4 is 11.3 Å². The SMILES string of the molecule is CCCCCn1c(-c2ccccc2)ccc(C(N)=S)c1=O. The molecule has 21 heavy (non-hydrogen) atoms. The van der Waals surface area contributed by atoms with Crippen molar-refractivity contribution in [2.75, 3.05) is 0 Å². The predicted molar refractivity (Wildman–Crippen MR) is 91.6 cm³/mol. The van der Waals surface area contributed by atoms with Crippen LogP contribution >= 0.6 is 12.2 Å². The molecule has 0 radical (unpaired) electrons. The van der Waals surface area contributed by atoms with E-state index in [2.05, 4.69) is 6.92 Å². The highest BCUT2D eigenvalue weighted by Crippen LogP contribution is 2.18. The average molecular weight is 300 g/mol. The van der Waals surface area contributed by atoms with Gasteiger partial charge < -0.3 is 10.3 Å². The zero-order valence-corrected chi connectivity index (χ0v) is 13.0. The predicted octanol–water partition coefficient (Wildman–Crippen LogP) is 3.34. The summed E-state index contributed by atoms with van der Waals surface area (Å²) in [4.78, 5) is 12.8. The summed E-state index contributed by atoms with van der Waals surface area (Å²) < 4.78 is 1.79. The standard InChI is InChI=1S/C17H20N2OS/c1-2-3-7-12-19-15(13-8-5-4-6-9-13)11-10-14(16(18)21)17(19)20/h4-6,8-11H,2-3,7,12H2,1H3,(H2,18,21). The van der Waals surface area contributed by atoms with Crippen molar-refractivity contribution in [2.45, 2.75) is 32.7 Å². The summed E-state index contributed by atoms with van der Waals surface area (Å²) in [7, 11) is 0. The number of benzene rings is 1. The quantitative estimate of drug-likeness (QED) is 0.657. The number of nitrogens with two attached hydrogens (primary N) is 1. The first-order valence-corrected chi connectivity index (χ1v) is 7.65. The summed E-state index contributed by atoms with van der Waals surface area (Å²) in [5, 5.41) is 0. The first kappa shape index (κ1) is 15.4. The first-order valence-electron chi connectivity index (χ1n) is 7.24. The van der Waals surface area contributed by atoms with Crippen molar-refractivity contribution in [3.8, 4) is 11.3 Å². The van der Waals surface area contributed by atoms with Gasteiger partial charge in [-0.1, -0.05) is 62.3 Å². The minimum atomic E-state index is -0.0973. The van der Waals surface area contributed by atoms with Gasteiger partial charge in [0, 0.05) is 6.54 Å². The molecule has 3 nitrogen and oxygen atoms in total. The topological polar surface area (TPSA) is 48.0 Å². The fraction of sp³-hybridized carbons (Fsp3) is 0.294. The third-order valence-electron chi connectivity index (χ3n) is 3.49. The van der Waals surface area contributed by atoms with Crippen molar-refractivity contribution in [1.82, 2.24) is 4.57 Å². The van der Waals surface area contributed by atoms with Crippen LogP contribution in [0.3, 0.4) is 0 Å². The van der Waals surface area contributed by atoms with Crippen LogP contribution in [0.4, 0.5) is 0 Å². The highest BCUT2D eigenvalue weighted by molar-refractivity contribution is 7.80. The summed E-state index contributed by atoms with van der Waals surface area (Å²) >= 11 is 4.97. The fourth-order valence-corrected chi connectivity index (χ4v) is 2.52. The summed E-state index contributed by atoms with van der Waals surface area (Å²) in [6.45, 7) is 2.83. The molecule has 0 aliphatic rings. The van der Waals surface area contributed by atoms with Crippen molar-refractivity contribution in [1.29, 1.82) is 0 Å². The van der Waals surface area contributed by atoms with Crippen molar-refractivity contribution in [3.63, 3.8) is 0 Å². The van der Waals surface area contributed by atoms with E-state index in [1.807, 2.05) is 36.4 Å². The lowest BCUT2D eigenvalue weighted by atomic mass is 10.1. The third-order valence-corrected chi connectivity index (χ3v) is 3.71. The number of nitrogens with zero attached hydrogens (tertiary/aromatic N) is 1. The van der Waals surface area contributed by atoms with Crippen LogP contribution in [0.15, 0.2) is 47.3 Å². The van der Waals surface area contributed by atoms with E-state index in [0.717, 1.165) is 30.5 Å². The Labute approximate surface area is 130 Å². The molecule has 0 unspecified atom stereocenters. The van der Waals surface area contributed by atoms with Crippen LogP contribution in [0.5, 0.6) is 0 Å². The van der Waals surface area contributed by atoms with Crippen molar-refractivity contribution in [2.24, 2.45) is 5.73 Å². The lowest BCUT2D eigenvalue weighted by Gasteiger charge is -2.14. The average Bonchev–Trinajstić information content (AvgIpc) is 2.49. The van der Waals surface area contributed by atoms with Gasteiger partial charge in [-0.05, 0) is 24.1 Å². The van der Waals surface area contributed by atoms with Crippen LogP contribution in [0.2, 0.25) is 0 Å². The van der Waals surface area contributed by atoms with Gasteiger partial charge in [0.15, 0.2) is 0 Å². The van der Waals surface area contributed by atoms with Gasteiger partial charge in [0.05, 0.1) is 11.3 Å². The number of pyridine rings is 1. The summed E-state index contributed by atoms with van der Waals surface area (Å²) in [6, 6.07) is 13.6. The molecule has 0 amide bonds. The first-order chi connectivity index (χ1) is 10.1. The molecule has 2 N–H and O–H groups in total. The maximum absolute atomic E-state index is 12.6. The highest BCUT2D eigenvalue weighted by Gasteiger charge is 2.11. The fourth-order valence-electron chi connectivity index (χ4n) is 2.37. The molecule has 0 fully saturated rings. The normalized spacial score (nSPS) is 10.5. The molecule has 0 aliphatic heterocycles. The van der Waals surface area contributed by atoms with Crippen LogP contribution in [0, 0.1) is 0 Å². The number of rotatable bonds is 6. The number of hydrogen-bond donors (Lipinski definition) is 1. The molecule has 0 saturated carbocycles. The number of aromatic nitrogens is 1. The molecular formula is C17H20N2OS. The molecule has 2 aromatic rings. The molecule has 0 bridgehead atoms. The lowest BCUT2D eigenvalue weighted by molar-refractivity contribution is 0.591. The highest BCUT2D eigenvalue weighted by atomic mass is 32.1. The molecule has 1 heterocycles. The van der Waals surface area contributed by atoms with Crippen molar-refractivity contribution >= 4 is 17.2 Å². The van der Waals surface area contributed by atoms with E-state index in [-0.39, 0.29) is 10.5 Å². The van der Waals surface area contributed by atoms with Gasteiger partial charge in [-0.15, -0.1) is 0 Å². The van der Waals surface area contributed by atoms with E-state index < -0.39 is 0 Å². The Morgan fingerprint density at radius 3 is 2.48 bits per heavy atom. The Bertz CT molecular complexity index is 677. The van der Waals surface area contributed by atoms with Gasteiger partial charge in [-0.25, -0.2) is 0 Å². The number of hydrogen-bond acceptors (Lipinski definition) is 2. The van der Waals surface area contributed by atoms with Crippen molar-refractivity contribution in [3.05, 3.63) is 58.4 Å². The van der Waals surface area contributed by atoms with E-state index in [4.69, 9.17) is 18.0 Å². The van der Waals surface area contributed by atoms with Gasteiger partial charge in [0.1, 0.15) is 4.99 Å². The molecule has 0 aliphatic carbocycles. The van der Waals surface area contributed by atoms with E-state index in [1.165, 1.54) is 0 Å². The minimum absolute atomic E-state index is 0.0973. The smallest absolute Gasteiger partial charge is 0.261 e. The Morgan fingerprint density at radius 2 is 1.86 bits per heavy atom. The van der Waals surface area contributed by atoms with Crippen LogP contribution in [-0.4, -0.2) is 9.56 Å². The Hall–Kier alpha value is -1.94. The second-order valence-corrected chi connectivity index (χ2v) is 5.47. The zero-order valence-electron chi connectivity index (χ0n) is 12.2. The zero-order chi connectivity index (χ0) is 15.2. The van der Waals surface area contributed by atoms with Gasteiger partial charge in [0.2, 0.25) is 0 Å². The van der Waals surface area contributed by atoms with Crippen LogP contribution in [-0.2, 0) is 6.54 Å². The molecule has 0 saturated heterocycles. The molecule has 0 spiro atoms. The maximum Gasteiger partial charge on any atom is 0.261 e. The molecule has 1 aromatic heterocycles. The molecule has 110 valence electrons. The van der Waals surface area contributed by atoms with Crippen LogP contribution in [0.1, 0.15) is 31.7 Å². The molecular weight excluding hydrogens is 280 g/mol. The Kier molecular flexibility index (Phi) is 5.28. The Morgan fingerprint density at radius 1 is 1.14 bits per heavy atom. The third kappa shape index (κ3) is 3.58. The van der Waals surface area contributed by atoms with E-state index >= 15 is 0 Å². The number of unbranched alkanes of at least 4 members (excludes halogenated alkanes) is 2. The van der Waals surface area contributed by atoms with Gasteiger partial charge >= 0.3 is 0 Å². The molecule has 1 aromatic carbocycles. The molecule has 2 rings (SSSR count). The summed E-state index contributed by atoms with van der Waals surface area (Å²) in [5.74, 6) is 0. The maximum atomic E-state index is 12.6. The summed E-state index contributed by atoms with van der Waals surface area (Å²) in [6.07, 6.45) is 3.18. The van der Waals surface area contributed by atoms with E-state index in [0.29, 0.717) is 12.1 Å².